The summed E-state index contributed by atoms with van der Waals surface area (Å²) in [4.78, 5) is 12.4. The Kier molecular flexibility index (Phi) is 3.84. The molecule has 0 spiro atoms. The van der Waals surface area contributed by atoms with Gasteiger partial charge in [-0.3, -0.25) is 4.79 Å². The van der Waals surface area contributed by atoms with E-state index in [0.29, 0.717) is 11.5 Å². The molecule has 0 aliphatic heterocycles. The molecule has 0 saturated carbocycles. The van der Waals surface area contributed by atoms with E-state index in [1.54, 1.807) is 0 Å². The summed E-state index contributed by atoms with van der Waals surface area (Å²) in [6, 6.07) is 23.0. The zero-order chi connectivity index (χ0) is 16.4. The molecule has 0 amide bonds. The molecule has 24 heavy (non-hydrogen) atoms. The first-order valence-electron chi connectivity index (χ1n) is 7.39. The summed E-state index contributed by atoms with van der Waals surface area (Å²) in [5.74, 6) is 0.407. The van der Waals surface area contributed by atoms with Crippen LogP contribution in [0.4, 0.5) is 0 Å². The largest absolute Gasteiger partial charge is 0.411 e. The molecule has 1 heterocycles. The van der Waals surface area contributed by atoms with Gasteiger partial charge in [-0.05, 0) is 35.0 Å². The standard InChI is InChI=1S/C19H12N2O2S/c22-18(16-11-10-13-6-4-5-9-15(13)12-16)24-19-21-20-17(23-19)14-7-2-1-3-8-14/h1-12H. The number of carbonyl (C=O) groups is 1. The van der Waals surface area contributed by atoms with Crippen molar-refractivity contribution in [2.45, 2.75) is 5.22 Å². The van der Waals surface area contributed by atoms with Crippen molar-refractivity contribution in [3.63, 3.8) is 0 Å². The molecular weight excluding hydrogens is 320 g/mol. The lowest BCUT2D eigenvalue weighted by atomic mass is 10.1. The second-order valence-electron chi connectivity index (χ2n) is 5.19. The summed E-state index contributed by atoms with van der Waals surface area (Å²) in [5.41, 5.74) is 1.44. The molecule has 0 radical (unpaired) electrons. The second-order valence-corrected chi connectivity index (χ2v) is 6.11. The van der Waals surface area contributed by atoms with Crippen LogP contribution in [-0.2, 0) is 0 Å². The van der Waals surface area contributed by atoms with Gasteiger partial charge in [0, 0.05) is 22.9 Å². The minimum atomic E-state index is -0.121. The van der Waals surface area contributed by atoms with E-state index in [9.17, 15) is 4.79 Å². The molecule has 5 heteroatoms. The van der Waals surface area contributed by atoms with Crippen LogP contribution in [0.5, 0.6) is 0 Å². The third kappa shape index (κ3) is 2.94. The predicted octanol–water partition coefficient (Wildman–Crippen LogP) is 4.82. The highest BCUT2D eigenvalue weighted by molar-refractivity contribution is 8.14. The molecule has 0 aliphatic carbocycles. The summed E-state index contributed by atoms with van der Waals surface area (Å²) < 4.78 is 5.57. The Morgan fingerprint density at radius 2 is 1.58 bits per heavy atom. The van der Waals surface area contributed by atoms with E-state index in [1.807, 2.05) is 72.8 Å². The fourth-order valence-electron chi connectivity index (χ4n) is 2.40. The Morgan fingerprint density at radius 1 is 0.833 bits per heavy atom. The first-order chi connectivity index (χ1) is 11.8. The van der Waals surface area contributed by atoms with Gasteiger partial charge in [-0.1, -0.05) is 48.5 Å². The van der Waals surface area contributed by atoms with Crippen LogP contribution in [0.15, 0.2) is 82.4 Å². The van der Waals surface area contributed by atoms with E-state index < -0.39 is 0 Å². The van der Waals surface area contributed by atoms with E-state index >= 15 is 0 Å². The third-order valence-electron chi connectivity index (χ3n) is 3.59. The average molecular weight is 332 g/mol. The van der Waals surface area contributed by atoms with E-state index in [-0.39, 0.29) is 10.3 Å². The maximum Gasteiger partial charge on any atom is 0.284 e. The molecule has 0 unspecified atom stereocenters. The monoisotopic (exact) mass is 332 g/mol. The third-order valence-corrected chi connectivity index (χ3v) is 4.35. The molecule has 0 fully saturated rings. The Hall–Kier alpha value is -2.92. The highest BCUT2D eigenvalue weighted by atomic mass is 32.2. The summed E-state index contributed by atoms with van der Waals surface area (Å²) in [5, 5.41) is 10.2. The fourth-order valence-corrected chi connectivity index (χ4v) is 3.01. The maximum atomic E-state index is 12.4. The molecule has 0 atom stereocenters. The summed E-state index contributed by atoms with van der Waals surface area (Å²) in [7, 11) is 0. The van der Waals surface area contributed by atoms with Gasteiger partial charge >= 0.3 is 0 Å². The number of nitrogens with zero attached hydrogens (tertiary/aromatic N) is 2. The number of benzene rings is 3. The number of carbonyl (C=O) groups excluding carboxylic acids is 1. The average Bonchev–Trinajstić information content (AvgIpc) is 3.10. The van der Waals surface area contributed by atoms with Crippen molar-refractivity contribution in [1.82, 2.24) is 10.2 Å². The van der Waals surface area contributed by atoms with Crippen molar-refractivity contribution in [2.75, 3.05) is 0 Å². The van der Waals surface area contributed by atoms with Crippen LogP contribution in [0.2, 0.25) is 0 Å². The van der Waals surface area contributed by atoms with Crippen LogP contribution in [0.25, 0.3) is 22.2 Å². The zero-order valence-electron chi connectivity index (χ0n) is 12.5. The Bertz CT molecular complexity index is 1010. The van der Waals surface area contributed by atoms with E-state index in [4.69, 9.17) is 4.42 Å². The molecule has 0 N–H and O–H groups in total. The molecule has 4 rings (SSSR count). The molecule has 1 aromatic heterocycles. The normalized spacial score (nSPS) is 10.8. The van der Waals surface area contributed by atoms with Gasteiger partial charge in [0.2, 0.25) is 11.0 Å². The second kappa shape index (κ2) is 6.29. The van der Waals surface area contributed by atoms with Crippen LogP contribution in [0, 0.1) is 0 Å². The summed E-state index contributed by atoms with van der Waals surface area (Å²) >= 11 is 0.942. The SMILES string of the molecule is O=C(Sc1nnc(-c2ccccc2)o1)c1ccc2ccccc2c1. The van der Waals surface area contributed by atoms with Crippen molar-refractivity contribution in [3.8, 4) is 11.5 Å². The van der Waals surface area contributed by atoms with Gasteiger partial charge in [0.05, 0.1) is 0 Å². The summed E-state index contributed by atoms with van der Waals surface area (Å²) in [6.45, 7) is 0. The van der Waals surface area contributed by atoms with Gasteiger partial charge in [-0.2, -0.15) is 0 Å². The smallest absolute Gasteiger partial charge is 0.284 e. The number of fused-ring (bicyclic) bond motifs is 1. The topological polar surface area (TPSA) is 56.0 Å². The lowest BCUT2D eigenvalue weighted by Crippen LogP contribution is -1.93. The van der Waals surface area contributed by atoms with E-state index in [1.165, 1.54) is 0 Å². The minimum Gasteiger partial charge on any atom is -0.411 e. The van der Waals surface area contributed by atoms with Crippen LogP contribution in [0.1, 0.15) is 10.4 Å². The highest BCUT2D eigenvalue weighted by Gasteiger charge is 2.15. The van der Waals surface area contributed by atoms with Crippen molar-refractivity contribution >= 4 is 27.6 Å². The van der Waals surface area contributed by atoms with Gasteiger partial charge in [-0.25, -0.2) is 0 Å². The first-order valence-corrected chi connectivity index (χ1v) is 8.21. The van der Waals surface area contributed by atoms with Crippen LogP contribution in [0.3, 0.4) is 0 Å². The minimum absolute atomic E-state index is 0.121. The number of aromatic nitrogens is 2. The van der Waals surface area contributed by atoms with E-state index in [0.717, 1.165) is 28.1 Å². The van der Waals surface area contributed by atoms with Gasteiger partial charge < -0.3 is 4.42 Å². The van der Waals surface area contributed by atoms with Crippen molar-refractivity contribution in [2.24, 2.45) is 0 Å². The van der Waals surface area contributed by atoms with Gasteiger partial charge in [0.15, 0.2) is 0 Å². The fraction of sp³-hybridized carbons (Fsp3) is 0. The van der Waals surface area contributed by atoms with Crippen molar-refractivity contribution in [1.29, 1.82) is 0 Å². The predicted molar refractivity (Wildman–Crippen MR) is 93.9 cm³/mol. The summed E-state index contributed by atoms with van der Waals surface area (Å²) in [6.07, 6.45) is 0. The zero-order valence-corrected chi connectivity index (χ0v) is 13.4. The van der Waals surface area contributed by atoms with Gasteiger partial charge in [-0.15, -0.1) is 10.2 Å². The maximum absolute atomic E-state index is 12.4. The molecule has 4 aromatic rings. The number of rotatable bonds is 3. The highest BCUT2D eigenvalue weighted by Crippen LogP contribution is 2.26. The molecular formula is C19H12N2O2S. The molecule has 116 valence electrons. The molecule has 3 aromatic carbocycles. The number of thioether (sulfide) groups is 1. The first kappa shape index (κ1) is 14.7. The molecule has 0 saturated heterocycles. The number of hydrogen-bond acceptors (Lipinski definition) is 5. The van der Waals surface area contributed by atoms with Gasteiger partial charge in [0.25, 0.3) is 5.22 Å². The van der Waals surface area contributed by atoms with E-state index in [2.05, 4.69) is 10.2 Å². The molecule has 4 nitrogen and oxygen atoms in total. The van der Waals surface area contributed by atoms with Crippen molar-refractivity contribution in [3.05, 3.63) is 78.4 Å². The number of hydrogen-bond donors (Lipinski definition) is 0. The van der Waals surface area contributed by atoms with Crippen LogP contribution >= 0.6 is 11.8 Å². The Labute approximate surface area is 142 Å². The lowest BCUT2D eigenvalue weighted by molar-refractivity contribution is 0.108. The molecule has 0 bridgehead atoms. The lowest BCUT2D eigenvalue weighted by Gasteiger charge is -2.01. The van der Waals surface area contributed by atoms with Gasteiger partial charge in [0.1, 0.15) is 0 Å². The van der Waals surface area contributed by atoms with Crippen molar-refractivity contribution < 1.29 is 9.21 Å². The van der Waals surface area contributed by atoms with Crippen LogP contribution in [-0.4, -0.2) is 15.3 Å². The van der Waals surface area contributed by atoms with Crippen LogP contribution < -0.4 is 0 Å². The quantitative estimate of drug-likeness (QED) is 0.503. The Balaban J connectivity index is 1.56. The molecule has 0 aliphatic rings. The Morgan fingerprint density at radius 3 is 2.42 bits per heavy atom.